The molecule has 1 aromatic rings. The molecule has 112 valence electrons. The number of benzene rings is 1. The molecule has 1 saturated heterocycles. The second-order valence-electron chi connectivity index (χ2n) is 4.95. The molecule has 5 heteroatoms. The number of nitrogens with zero attached hydrogens (tertiary/aromatic N) is 1. The lowest BCUT2D eigenvalue weighted by Crippen LogP contribution is -2.37. The van der Waals surface area contributed by atoms with Gasteiger partial charge in [-0.3, -0.25) is 4.79 Å². The molecule has 4 nitrogen and oxygen atoms in total. The molecule has 1 heterocycles. The highest BCUT2D eigenvalue weighted by Crippen LogP contribution is 2.20. The first-order chi connectivity index (χ1) is 10.2. The van der Waals surface area contributed by atoms with E-state index in [2.05, 4.69) is 11.8 Å². The molecular formula is C16H18FNO3. The lowest BCUT2D eigenvalue weighted by Gasteiger charge is -2.23. The van der Waals surface area contributed by atoms with E-state index in [9.17, 15) is 14.3 Å². The maximum absolute atomic E-state index is 13.9. The van der Waals surface area contributed by atoms with Gasteiger partial charge in [-0.25, -0.2) is 4.39 Å². The van der Waals surface area contributed by atoms with Crippen LogP contribution in [0.3, 0.4) is 0 Å². The highest BCUT2D eigenvalue weighted by Gasteiger charge is 2.28. The van der Waals surface area contributed by atoms with Crippen LogP contribution in [0.5, 0.6) is 0 Å². The van der Waals surface area contributed by atoms with E-state index in [0.29, 0.717) is 6.54 Å². The van der Waals surface area contributed by atoms with Crippen LogP contribution in [0, 0.1) is 17.7 Å². The summed E-state index contributed by atoms with van der Waals surface area (Å²) in [7, 11) is 0. The largest absolute Gasteiger partial charge is 0.395 e. The smallest absolute Gasteiger partial charge is 0.254 e. The number of rotatable bonds is 3. The Balaban J connectivity index is 2.16. The van der Waals surface area contributed by atoms with Crippen molar-refractivity contribution in [2.24, 2.45) is 0 Å². The molecule has 2 rings (SSSR count). The van der Waals surface area contributed by atoms with E-state index in [0.717, 1.165) is 12.8 Å². The van der Waals surface area contributed by atoms with Crippen LogP contribution in [0.15, 0.2) is 18.2 Å². The maximum Gasteiger partial charge on any atom is 0.254 e. The van der Waals surface area contributed by atoms with E-state index < -0.39 is 5.82 Å². The summed E-state index contributed by atoms with van der Waals surface area (Å²) in [4.78, 5) is 13.9. The normalized spacial score (nSPS) is 17.5. The summed E-state index contributed by atoms with van der Waals surface area (Å²) in [6.45, 7) is 0.450. The number of amides is 1. The van der Waals surface area contributed by atoms with E-state index >= 15 is 0 Å². The van der Waals surface area contributed by atoms with Crippen molar-refractivity contribution in [3.05, 3.63) is 35.1 Å². The highest BCUT2D eigenvalue weighted by atomic mass is 19.1. The van der Waals surface area contributed by atoms with Crippen molar-refractivity contribution in [3.8, 4) is 11.8 Å². The molecule has 1 unspecified atom stereocenters. The van der Waals surface area contributed by atoms with Crippen LogP contribution < -0.4 is 0 Å². The van der Waals surface area contributed by atoms with Gasteiger partial charge in [0.1, 0.15) is 5.82 Å². The average molecular weight is 291 g/mol. The molecule has 1 aliphatic rings. The highest BCUT2D eigenvalue weighted by molar-refractivity contribution is 5.94. The maximum atomic E-state index is 13.9. The van der Waals surface area contributed by atoms with Crippen molar-refractivity contribution < 1.29 is 19.4 Å². The number of carbonyl (C=O) groups is 1. The quantitative estimate of drug-likeness (QED) is 0.822. The summed E-state index contributed by atoms with van der Waals surface area (Å²) in [5, 5.41) is 17.9. The zero-order valence-corrected chi connectivity index (χ0v) is 11.7. The van der Waals surface area contributed by atoms with E-state index in [1.54, 1.807) is 11.0 Å². The molecule has 2 N–H and O–H groups in total. The number of halogens is 1. The Hall–Kier alpha value is -1.90. The molecule has 0 aliphatic carbocycles. The fraction of sp³-hybridized carbons (Fsp3) is 0.438. The third-order valence-corrected chi connectivity index (χ3v) is 3.52. The predicted molar refractivity (Wildman–Crippen MR) is 76.1 cm³/mol. The van der Waals surface area contributed by atoms with Crippen molar-refractivity contribution in [2.45, 2.75) is 25.3 Å². The van der Waals surface area contributed by atoms with Crippen molar-refractivity contribution in [2.75, 3.05) is 19.8 Å². The van der Waals surface area contributed by atoms with Crippen LogP contribution in [-0.4, -0.2) is 46.8 Å². The number of hydrogen-bond donors (Lipinski definition) is 2. The number of aliphatic hydroxyl groups excluding tert-OH is 2. The molecule has 1 fully saturated rings. The van der Waals surface area contributed by atoms with Gasteiger partial charge in [-0.05, 0) is 31.0 Å². The minimum Gasteiger partial charge on any atom is -0.395 e. The van der Waals surface area contributed by atoms with E-state index in [-0.39, 0.29) is 42.7 Å². The Kier molecular flexibility index (Phi) is 5.32. The second kappa shape index (κ2) is 7.21. The van der Waals surface area contributed by atoms with Crippen LogP contribution in [0.2, 0.25) is 0 Å². The Morgan fingerprint density at radius 2 is 2.24 bits per heavy atom. The molecule has 21 heavy (non-hydrogen) atoms. The Labute approximate surface area is 123 Å². The molecule has 1 aliphatic heterocycles. The summed E-state index contributed by atoms with van der Waals surface area (Å²) in [6, 6.07) is 4.01. The number of hydrogen-bond acceptors (Lipinski definition) is 3. The topological polar surface area (TPSA) is 60.8 Å². The number of likely N-dealkylation sites (tertiary alicyclic amines) is 1. The van der Waals surface area contributed by atoms with Crippen LogP contribution >= 0.6 is 0 Å². The lowest BCUT2D eigenvalue weighted by molar-refractivity contribution is 0.0677. The first kappa shape index (κ1) is 15.5. The van der Waals surface area contributed by atoms with Crippen LogP contribution in [0.25, 0.3) is 0 Å². The van der Waals surface area contributed by atoms with Crippen LogP contribution in [-0.2, 0) is 0 Å². The lowest BCUT2D eigenvalue weighted by atomic mass is 10.1. The third kappa shape index (κ3) is 3.60. The van der Waals surface area contributed by atoms with Gasteiger partial charge in [0.05, 0.1) is 24.8 Å². The zero-order chi connectivity index (χ0) is 15.2. The van der Waals surface area contributed by atoms with Gasteiger partial charge in [-0.1, -0.05) is 11.8 Å². The molecule has 0 aromatic heterocycles. The number of carbonyl (C=O) groups excluding carboxylic acids is 1. The molecule has 1 amide bonds. The SMILES string of the molecule is O=C(c1ccc(C#CCCO)c(F)c1)N1CCCC1CO. The van der Waals surface area contributed by atoms with Gasteiger partial charge in [0.2, 0.25) is 0 Å². The summed E-state index contributed by atoms with van der Waals surface area (Å²) in [5.41, 5.74) is 0.473. The van der Waals surface area contributed by atoms with E-state index in [4.69, 9.17) is 5.11 Å². The van der Waals surface area contributed by atoms with Crippen LogP contribution in [0.4, 0.5) is 4.39 Å². The molecule has 0 spiro atoms. The van der Waals surface area contributed by atoms with Gasteiger partial charge < -0.3 is 15.1 Å². The molecule has 0 bridgehead atoms. The van der Waals surface area contributed by atoms with Crippen LogP contribution in [0.1, 0.15) is 35.2 Å². The minimum absolute atomic E-state index is 0.0668. The third-order valence-electron chi connectivity index (χ3n) is 3.52. The van der Waals surface area contributed by atoms with E-state index in [1.807, 2.05) is 0 Å². The summed E-state index contributed by atoms with van der Waals surface area (Å²) in [5.74, 6) is 4.45. The molecule has 1 aromatic carbocycles. The fourth-order valence-electron chi connectivity index (χ4n) is 2.42. The van der Waals surface area contributed by atoms with Crippen molar-refractivity contribution in [1.82, 2.24) is 4.90 Å². The van der Waals surface area contributed by atoms with Gasteiger partial charge in [-0.2, -0.15) is 0 Å². The Morgan fingerprint density at radius 3 is 2.90 bits per heavy atom. The fourth-order valence-corrected chi connectivity index (χ4v) is 2.42. The molecule has 0 saturated carbocycles. The summed E-state index contributed by atoms with van der Waals surface area (Å²) in [6.07, 6.45) is 1.91. The first-order valence-electron chi connectivity index (χ1n) is 6.98. The van der Waals surface area contributed by atoms with Crippen molar-refractivity contribution >= 4 is 5.91 Å². The standard InChI is InChI=1S/C16H18FNO3/c17-15-10-13(7-6-12(15)4-1-2-9-19)16(21)18-8-3-5-14(18)11-20/h6-7,10,14,19-20H,2-3,5,8-9,11H2. The Bertz CT molecular complexity index is 577. The van der Waals surface area contributed by atoms with Crippen molar-refractivity contribution in [1.29, 1.82) is 0 Å². The van der Waals surface area contributed by atoms with E-state index in [1.165, 1.54) is 12.1 Å². The average Bonchev–Trinajstić information content (AvgIpc) is 2.96. The van der Waals surface area contributed by atoms with Gasteiger partial charge in [0, 0.05) is 18.5 Å². The minimum atomic E-state index is -0.550. The first-order valence-corrected chi connectivity index (χ1v) is 6.98. The molecule has 0 radical (unpaired) electrons. The second-order valence-corrected chi connectivity index (χ2v) is 4.95. The molecule has 1 atom stereocenters. The summed E-state index contributed by atoms with van der Waals surface area (Å²) < 4.78 is 13.9. The monoisotopic (exact) mass is 291 g/mol. The van der Waals surface area contributed by atoms with Gasteiger partial charge in [0.25, 0.3) is 5.91 Å². The molecular weight excluding hydrogens is 273 g/mol. The zero-order valence-electron chi connectivity index (χ0n) is 11.7. The Morgan fingerprint density at radius 1 is 1.43 bits per heavy atom. The van der Waals surface area contributed by atoms with Gasteiger partial charge in [0.15, 0.2) is 0 Å². The van der Waals surface area contributed by atoms with Crippen molar-refractivity contribution in [3.63, 3.8) is 0 Å². The number of aliphatic hydroxyl groups is 2. The van der Waals surface area contributed by atoms with Gasteiger partial charge in [-0.15, -0.1) is 0 Å². The summed E-state index contributed by atoms with van der Waals surface area (Å²) >= 11 is 0. The van der Waals surface area contributed by atoms with Gasteiger partial charge >= 0.3 is 0 Å². The predicted octanol–water partition coefficient (Wildman–Crippen LogP) is 1.16.